The standard InChI is InChI=1S/C9H13N5O/c1-2-7-12-9-11-5-6(3-4-10)8(15)14(9)13-7/h5H,2-4,10H2,1H3,(H,11,12,13). The van der Waals surface area contributed by atoms with Gasteiger partial charge in [0.15, 0.2) is 0 Å². The molecule has 80 valence electrons. The molecule has 0 saturated heterocycles. The average Bonchev–Trinajstić information content (AvgIpc) is 2.66. The van der Waals surface area contributed by atoms with Gasteiger partial charge in [-0.05, 0) is 13.0 Å². The van der Waals surface area contributed by atoms with Gasteiger partial charge in [-0.1, -0.05) is 6.92 Å². The molecule has 0 aliphatic carbocycles. The molecule has 0 spiro atoms. The Balaban J connectivity index is 2.62. The van der Waals surface area contributed by atoms with E-state index in [-0.39, 0.29) is 5.56 Å². The molecule has 0 radical (unpaired) electrons. The summed E-state index contributed by atoms with van der Waals surface area (Å²) in [6.07, 6.45) is 2.83. The maximum Gasteiger partial charge on any atom is 0.277 e. The topological polar surface area (TPSA) is 89.1 Å². The van der Waals surface area contributed by atoms with Crippen LogP contribution in [0.2, 0.25) is 0 Å². The summed E-state index contributed by atoms with van der Waals surface area (Å²) < 4.78 is 1.36. The molecule has 2 aromatic heterocycles. The minimum Gasteiger partial charge on any atom is -0.330 e. The van der Waals surface area contributed by atoms with E-state index in [2.05, 4.69) is 15.1 Å². The van der Waals surface area contributed by atoms with Crippen molar-refractivity contribution in [3.8, 4) is 0 Å². The summed E-state index contributed by atoms with van der Waals surface area (Å²) in [7, 11) is 0. The first-order valence-corrected chi connectivity index (χ1v) is 4.92. The predicted molar refractivity (Wildman–Crippen MR) is 55.7 cm³/mol. The van der Waals surface area contributed by atoms with Crippen LogP contribution in [-0.4, -0.2) is 26.1 Å². The molecule has 2 aromatic rings. The Morgan fingerprint density at radius 3 is 3.07 bits per heavy atom. The minimum atomic E-state index is -0.113. The van der Waals surface area contributed by atoms with E-state index >= 15 is 0 Å². The van der Waals surface area contributed by atoms with Gasteiger partial charge < -0.3 is 5.73 Å². The van der Waals surface area contributed by atoms with Gasteiger partial charge in [-0.15, -0.1) is 0 Å². The predicted octanol–water partition coefficient (Wildman–Crippen LogP) is -0.519. The first-order chi connectivity index (χ1) is 7.26. The number of rotatable bonds is 3. The molecule has 6 heteroatoms. The second-order valence-corrected chi connectivity index (χ2v) is 3.29. The van der Waals surface area contributed by atoms with Crippen molar-refractivity contribution in [3.63, 3.8) is 0 Å². The van der Waals surface area contributed by atoms with Crippen LogP contribution in [0.15, 0.2) is 11.0 Å². The molecule has 0 atom stereocenters. The van der Waals surface area contributed by atoms with Crippen molar-refractivity contribution in [2.75, 3.05) is 6.54 Å². The van der Waals surface area contributed by atoms with Gasteiger partial charge in [-0.3, -0.25) is 9.89 Å². The number of nitrogens with zero attached hydrogens (tertiary/aromatic N) is 3. The number of hydrogen-bond acceptors (Lipinski definition) is 4. The van der Waals surface area contributed by atoms with Crippen LogP contribution >= 0.6 is 0 Å². The quantitative estimate of drug-likeness (QED) is 0.708. The van der Waals surface area contributed by atoms with E-state index in [4.69, 9.17) is 5.73 Å². The van der Waals surface area contributed by atoms with Gasteiger partial charge in [0, 0.05) is 18.2 Å². The summed E-state index contributed by atoms with van der Waals surface area (Å²) in [6.45, 7) is 2.40. The second kappa shape index (κ2) is 3.82. The van der Waals surface area contributed by atoms with E-state index in [0.717, 1.165) is 12.2 Å². The van der Waals surface area contributed by atoms with Crippen LogP contribution in [-0.2, 0) is 12.8 Å². The first-order valence-electron chi connectivity index (χ1n) is 4.92. The van der Waals surface area contributed by atoms with E-state index in [9.17, 15) is 4.79 Å². The SMILES string of the molecule is CCc1nc2ncc(CCN)c(=O)n2[nH]1. The number of H-pyrrole nitrogens is 1. The third kappa shape index (κ3) is 1.63. The van der Waals surface area contributed by atoms with Crippen LogP contribution in [0.3, 0.4) is 0 Å². The van der Waals surface area contributed by atoms with E-state index in [1.807, 2.05) is 6.92 Å². The first kappa shape index (κ1) is 9.85. The zero-order valence-corrected chi connectivity index (χ0v) is 8.53. The monoisotopic (exact) mass is 207 g/mol. The van der Waals surface area contributed by atoms with Crippen LogP contribution in [0.4, 0.5) is 0 Å². The van der Waals surface area contributed by atoms with Crippen molar-refractivity contribution in [1.82, 2.24) is 19.6 Å². The zero-order valence-electron chi connectivity index (χ0n) is 8.53. The number of nitrogens with two attached hydrogens (primary N) is 1. The average molecular weight is 207 g/mol. The van der Waals surface area contributed by atoms with Gasteiger partial charge in [0.25, 0.3) is 11.3 Å². The molecule has 3 N–H and O–H groups in total. The van der Waals surface area contributed by atoms with Gasteiger partial charge >= 0.3 is 0 Å². The number of nitrogens with one attached hydrogen (secondary N) is 1. The largest absolute Gasteiger partial charge is 0.330 e. The Kier molecular flexibility index (Phi) is 2.51. The van der Waals surface area contributed by atoms with Gasteiger partial charge in [0.1, 0.15) is 5.82 Å². The van der Waals surface area contributed by atoms with E-state index in [1.165, 1.54) is 4.52 Å². The summed E-state index contributed by atoms with van der Waals surface area (Å²) in [4.78, 5) is 20.1. The van der Waals surface area contributed by atoms with Crippen molar-refractivity contribution < 1.29 is 0 Å². The maximum absolute atomic E-state index is 11.8. The van der Waals surface area contributed by atoms with Crippen molar-refractivity contribution in [2.45, 2.75) is 19.8 Å². The van der Waals surface area contributed by atoms with E-state index in [0.29, 0.717) is 24.3 Å². The van der Waals surface area contributed by atoms with E-state index in [1.54, 1.807) is 6.20 Å². The van der Waals surface area contributed by atoms with E-state index < -0.39 is 0 Å². The summed E-state index contributed by atoms with van der Waals surface area (Å²) in [5.41, 5.74) is 5.90. The van der Waals surface area contributed by atoms with Gasteiger partial charge in [0.05, 0.1) is 0 Å². The molecule has 0 saturated carbocycles. The Morgan fingerprint density at radius 1 is 1.60 bits per heavy atom. The fraction of sp³-hybridized carbons (Fsp3) is 0.444. The third-order valence-corrected chi connectivity index (χ3v) is 2.24. The van der Waals surface area contributed by atoms with Gasteiger partial charge in [-0.2, -0.15) is 9.50 Å². The Labute approximate surface area is 86.1 Å². The molecule has 0 unspecified atom stereocenters. The molecule has 15 heavy (non-hydrogen) atoms. The molecule has 0 bridgehead atoms. The number of aromatic amines is 1. The number of aromatic nitrogens is 4. The highest BCUT2D eigenvalue weighted by atomic mass is 16.1. The molecular formula is C9H13N5O. The molecule has 0 aromatic carbocycles. The molecule has 0 aliphatic rings. The lowest BCUT2D eigenvalue weighted by Crippen LogP contribution is -2.21. The van der Waals surface area contributed by atoms with Crippen molar-refractivity contribution in [3.05, 3.63) is 27.9 Å². The lowest BCUT2D eigenvalue weighted by Gasteiger charge is -1.96. The van der Waals surface area contributed by atoms with Crippen LogP contribution in [0.25, 0.3) is 5.78 Å². The number of hydrogen-bond donors (Lipinski definition) is 2. The minimum absolute atomic E-state index is 0.113. The normalized spacial score (nSPS) is 11.1. The molecule has 0 fully saturated rings. The smallest absolute Gasteiger partial charge is 0.277 e. The second-order valence-electron chi connectivity index (χ2n) is 3.29. The van der Waals surface area contributed by atoms with Gasteiger partial charge in [-0.25, -0.2) is 4.98 Å². The Morgan fingerprint density at radius 2 is 2.40 bits per heavy atom. The van der Waals surface area contributed by atoms with Crippen LogP contribution < -0.4 is 11.3 Å². The van der Waals surface area contributed by atoms with Crippen molar-refractivity contribution >= 4 is 5.78 Å². The lowest BCUT2D eigenvalue weighted by molar-refractivity contribution is 0.824. The summed E-state index contributed by atoms with van der Waals surface area (Å²) in [6, 6.07) is 0. The molecular weight excluding hydrogens is 194 g/mol. The van der Waals surface area contributed by atoms with Crippen LogP contribution in [0.1, 0.15) is 18.3 Å². The summed E-state index contributed by atoms with van der Waals surface area (Å²) >= 11 is 0. The van der Waals surface area contributed by atoms with Crippen LogP contribution in [0, 0.1) is 0 Å². The maximum atomic E-state index is 11.8. The molecule has 2 heterocycles. The number of fused-ring (bicyclic) bond motifs is 1. The highest BCUT2D eigenvalue weighted by Crippen LogP contribution is 1.97. The summed E-state index contributed by atoms with van der Waals surface area (Å²) in [5, 5.41) is 2.90. The highest BCUT2D eigenvalue weighted by molar-refractivity contribution is 5.27. The van der Waals surface area contributed by atoms with Crippen LogP contribution in [0.5, 0.6) is 0 Å². The lowest BCUT2D eigenvalue weighted by atomic mass is 10.2. The molecule has 0 aliphatic heterocycles. The Bertz CT molecular complexity index is 527. The third-order valence-electron chi connectivity index (χ3n) is 2.24. The molecule has 0 amide bonds. The van der Waals surface area contributed by atoms with Crippen molar-refractivity contribution in [1.29, 1.82) is 0 Å². The summed E-state index contributed by atoms with van der Waals surface area (Å²) in [5.74, 6) is 1.17. The molecule has 6 nitrogen and oxygen atoms in total. The fourth-order valence-corrected chi connectivity index (χ4v) is 1.42. The molecule has 2 rings (SSSR count). The number of aryl methyl sites for hydroxylation is 1. The zero-order chi connectivity index (χ0) is 10.8. The fourth-order valence-electron chi connectivity index (χ4n) is 1.42. The highest BCUT2D eigenvalue weighted by Gasteiger charge is 2.07. The van der Waals surface area contributed by atoms with Crippen molar-refractivity contribution in [2.24, 2.45) is 5.73 Å². The Hall–Kier alpha value is -1.69. The van der Waals surface area contributed by atoms with Gasteiger partial charge in [0.2, 0.25) is 0 Å².